The first-order valence-corrected chi connectivity index (χ1v) is 9.93. The molecule has 4 N–H and O–H groups in total. The SMILES string of the molecule is CCNC(=O)Nc1nc2c(-n3cccn3)c(F)c(-c3ccc([C@H](O)CC)nc3)cc2[nH]1. The topological polar surface area (TPSA) is 121 Å². The van der Waals surface area contributed by atoms with Crippen molar-refractivity contribution >= 4 is 23.0 Å². The van der Waals surface area contributed by atoms with Gasteiger partial charge in [0, 0.05) is 36.3 Å². The van der Waals surface area contributed by atoms with Crippen LogP contribution in [0.1, 0.15) is 32.1 Å². The molecule has 4 rings (SSSR count). The molecule has 9 nitrogen and oxygen atoms in total. The Morgan fingerprint density at radius 3 is 2.84 bits per heavy atom. The molecule has 160 valence electrons. The number of amides is 2. The summed E-state index contributed by atoms with van der Waals surface area (Å²) in [5.74, 6) is -0.344. The molecule has 0 radical (unpaired) electrons. The zero-order valence-electron chi connectivity index (χ0n) is 17.1. The number of fused-ring (bicyclic) bond motifs is 1. The number of urea groups is 1. The third-order valence-corrected chi connectivity index (χ3v) is 4.82. The van der Waals surface area contributed by atoms with Crippen LogP contribution in [-0.4, -0.2) is 42.4 Å². The molecule has 10 heteroatoms. The van der Waals surface area contributed by atoms with E-state index in [9.17, 15) is 9.90 Å². The van der Waals surface area contributed by atoms with E-state index < -0.39 is 18.0 Å². The number of nitrogens with one attached hydrogen (secondary N) is 3. The van der Waals surface area contributed by atoms with Crippen LogP contribution in [0.4, 0.5) is 15.1 Å². The van der Waals surface area contributed by atoms with Crippen LogP contribution >= 0.6 is 0 Å². The number of hydrogen-bond donors (Lipinski definition) is 4. The summed E-state index contributed by atoms with van der Waals surface area (Å²) in [7, 11) is 0. The fraction of sp³-hybridized carbons (Fsp3) is 0.238. The van der Waals surface area contributed by atoms with Crippen molar-refractivity contribution in [2.24, 2.45) is 0 Å². The monoisotopic (exact) mass is 423 g/mol. The number of carbonyl (C=O) groups is 1. The second kappa shape index (κ2) is 8.52. The van der Waals surface area contributed by atoms with E-state index in [0.717, 1.165) is 0 Å². The van der Waals surface area contributed by atoms with E-state index in [4.69, 9.17) is 0 Å². The van der Waals surface area contributed by atoms with E-state index in [1.54, 1.807) is 43.6 Å². The summed E-state index contributed by atoms with van der Waals surface area (Å²) in [6.45, 7) is 4.11. The van der Waals surface area contributed by atoms with Gasteiger partial charge in [0.1, 0.15) is 11.2 Å². The number of halogens is 1. The van der Waals surface area contributed by atoms with Gasteiger partial charge in [-0.2, -0.15) is 5.10 Å². The number of carbonyl (C=O) groups excluding carboxylic acids is 1. The van der Waals surface area contributed by atoms with Gasteiger partial charge < -0.3 is 15.4 Å². The van der Waals surface area contributed by atoms with Crippen LogP contribution in [0.15, 0.2) is 42.9 Å². The smallest absolute Gasteiger partial charge is 0.321 e. The number of aromatic amines is 1. The number of H-pyrrole nitrogens is 1. The molecule has 0 aliphatic rings. The summed E-state index contributed by atoms with van der Waals surface area (Å²) in [5.41, 5.74) is 2.34. The predicted octanol–water partition coefficient (Wildman–Crippen LogP) is 3.53. The quantitative estimate of drug-likeness (QED) is 0.378. The average Bonchev–Trinajstić information content (AvgIpc) is 3.43. The maximum absolute atomic E-state index is 15.7. The summed E-state index contributed by atoms with van der Waals surface area (Å²) in [6, 6.07) is 6.26. The van der Waals surface area contributed by atoms with Crippen molar-refractivity contribution in [1.82, 2.24) is 30.0 Å². The number of aliphatic hydroxyl groups is 1. The molecule has 1 aromatic carbocycles. The van der Waals surface area contributed by atoms with Gasteiger partial charge in [-0.05, 0) is 31.5 Å². The highest BCUT2D eigenvalue weighted by molar-refractivity contribution is 5.94. The van der Waals surface area contributed by atoms with Gasteiger partial charge in [-0.3, -0.25) is 10.3 Å². The molecule has 0 fully saturated rings. The molecule has 0 bridgehead atoms. The highest BCUT2D eigenvalue weighted by Crippen LogP contribution is 2.33. The number of nitrogens with zero attached hydrogens (tertiary/aromatic N) is 4. The molecule has 1 atom stereocenters. The summed E-state index contributed by atoms with van der Waals surface area (Å²) >= 11 is 0. The number of imidazole rings is 1. The Morgan fingerprint density at radius 2 is 2.19 bits per heavy atom. The number of aromatic nitrogens is 5. The molecule has 3 heterocycles. The predicted molar refractivity (Wildman–Crippen MR) is 114 cm³/mol. The van der Waals surface area contributed by atoms with Gasteiger partial charge in [-0.15, -0.1) is 0 Å². The Labute approximate surface area is 177 Å². The molecule has 4 aromatic rings. The van der Waals surface area contributed by atoms with Crippen molar-refractivity contribution < 1.29 is 14.3 Å². The van der Waals surface area contributed by atoms with Crippen molar-refractivity contribution in [3.8, 4) is 16.8 Å². The molecule has 0 aliphatic heterocycles. The van der Waals surface area contributed by atoms with Crippen LogP contribution in [0, 0.1) is 5.82 Å². The van der Waals surface area contributed by atoms with Crippen LogP contribution in [0.25, 0.3) is 27.8 Å². The van der Waals surface area contributed by atoms with E-state index in [1.807, 2.05) is 6.92 Å². The van der Waals surface area contributed by atoms with Crippen LogP contribution < -0.4 is 10.6 Å². The molecular formula is C21H22FN7O2. The molecule has 3 aromatic heterocycles. The van der Waals surface area contributed by atoms with E-state index in [0.29, 0.717) is 35.3 Å². The van der Waals surface area contributed by atoms with Crippen LogP contribution in [0.5, 0.6) is 0 Å². The van der Waals surface area contributed by atoms with Gasteiger partial charge in [0.25, 0.3) is 0 Å². The summed E-state index contributed by atoms with van der Waals surface area (Å²) in [5, 5.41) is 19.3. The molecule has 0 spiro atoms. The average molecular weight is 423 g/mol. The van der Waals surface area contributed by atoms with Gasteiger partial charge in [0.15, 0.2) is 5.82 Å². The second-order valence-electron chi connectivity index (χ2n) is 6.90. The fourth-order valence-electron chi connectivity index (χ4n) is 3.27. The van der Waals surface area contributed by atoms with E-state index >= 15 is 4.39 Å². The maximum Gasteiger partial charge on any atom is 0.321 e. The Balaban J connectivity index is 1.84. The van der Waals surface area contributed by atoms with Crippen molar-refractivity contribution in [2.45, 2.75) is 26.4 Å². The van der Waals surface area contributed by atoms with Gasteiger partial charge >= 0.3 is 6.03 Å². The fourth-order valence-corrected chi connectivity index (χ4v) is 3.27. The number of benzene rings is 1. The first kappa shape index (κ1) is 20.5. The number of hydrogen-bond acceptors (Lipinski definition) is 5. The van der Waals surface area contributed by atoms with Gasteiger partial charge in [-0.1, -0.05) is 13.0 Å². The Morgan fingerprint density at radius 1 is 1.35 bits per heavy atom. The van der Waals surface area contributed by atoms with Crippen LogP contribution in [-0.2, 0) is 0 Å². The largest absolute Gasteiger partial charge is 0.387 e. The lowest BCUT2D eigenvalue weighted by atomic mass is 10.0. The molecular weight excluding hydrogens is 401 g/mol. The first-order valence-electron chi connectivity index (χ1n) is 9.93. The van der Waals surface area contributed by atoms with E-state index in [2.05, 4.69) is 30.7 Å². The lowest BCUT2D eigenvalue weighted by molar-refractivity contribution is 0.169. The second-order valence-corrected chi connectivity index (χ2v) is 6.90. The molecule has 2 amide bonds. The molecule has 0 saturated carbocycles. The lowest BCUT2D eigenvalue weighted by Gasteiger charge is -2.11. The Kier molecular flexibility index (Phi) is 5.63. The van der Waals surface area contributed by atoms with Crippen LogP contribution in [0.3, 0.4) is 0 Å². The number of rotatable bonds is 6. The van der Waals surface area contributed by atoms with Crippen LogP contribution in [0.2, 0.25) is 0 Å². The van der Waals surface area contributed by atoms with Crippen molar-refractivity contribution in [3.05, 3.63) is 54.4 Å². The minimum Gasteiger partial charge on any atom is -0.387 e. The zero-order valence-corrected chi connectivity index (χ0v) is 17.1. The highest BCUT2D eigenvalue weighted by atomic mass is 19.1. The van der Waals surface area contributed by atoms with E-state index in [1.165, 1.54) is 10.9 Å². The number of aliphatic hydroxyl groups excluding tert-OH is 1. The summed E-state index contributed by atoms with van der Waals surface area (Å²) < 4.78 is 17.1. The first-order chi connectivity index (χ1) is 15.0. The molecule has 31 heavy (non-hydrogen) atoms. The Bertz CT molecular complexity index is 1200. The van der Waals surface area contributed by atoms with Crippen molar-refractivity contribution in [3.63, 3.8) is 0 Å². The zero-order chi connectivity index (χ0) is 22.0. The standard InChI is InChI=1S/C21H22FN7O2/c1-3-16(30)14-7-6-12(11-24-14)13-10-15-18(19(17(13)22)29-9-5-8-25-29)27-20(26-15)28-21(31)23-4-2/h5-11,16,30H,3-4H2,1-2H3,(H3,23,26,27,28,31)/t16-/m1/s1. The molecule has 0 unspecified atom stereocenters. The van der Waals surface area contributed by atoms with Gasteiger partial charge in [0.2, 0.25) is 5.95 Å². The Hall–Kier alpha value is -3.79. The minimum absolute atomic E-state index is 0.148. The van der Waals surface area contributed by atoms with E-state index in [-0.39, 0.29) is 17.2 Å². The van der Waals surface area contributed by atoms with Crippen molar-refractivity contribution in [2.75, 3.05) is 11.9 Å². The van der Waals surface area contributed by atoms with Gasteiger partial charge in [-0.25, -0.2) is 18.9 Å². The number of pyridine rings is 1. The molecule has 0 aliphatic carbocycles. The maximum atomic E-state index is 15.7. The summed E-state index contributed by atoms with van der Waals surface area (Å²) in [6.07, 6.45) is 4.55. The highest BCUT2D eigenvalue weighted by Gasteiger charge is 2.21. The lowest BCUT2D eigenvalue weighted by Crippen LogP contribution is -2.28. The normalized spacial score (nSPS) is 12.1. The van der Waals surface area contributed by atoms with Gasteiger partial charge in [0.05, 0.1) is 17.3 Å². The molecule has 0 saturated heterocycles. The number of anilines is 1. The third kappa shape index (κ3) is 3.97. The minimum atomic E-state index is -0.670. The third-order valence-electron chi connectivity index (χ3n) is 4.82. The summed E-state index contributed by atoms with van der Waals surface area (Å²) in [4.78, 5) is 23.5. The van der Waals surface area contributed by atoms with Crippen molar-refractivity contribution in [1.29, 1.82) is 0 Å².